The first-order valence-corrected chi connectivity index (χ1v) is 6.61. The van der Waals surface area contributed by atoms with Crippen LogP contribution in [0.1, 0.15) is 31.7 Å². The number of aliphatic carboxylic acids is 1. The molecule has 5 heteroatoms. The van der Waals surface area contributed by atoms with E-state index in [4.69, 9.17) is 20.3 Å². The van der Waals surface area contributed by atoms with Crippen molar-refractivity contribution in [3.8, 4) is 11.5 Å². The molecule has 1 rings (SSSR count). The van der Waals surface area contributed by atoms with Crippen LogP contribution in [0.15, 0.2) is 18.2 Å². The van der Waals surface area contributed by atoms with E-state index in [1.165, 1.54) is 0 Å². The van der Waals surface area contributed by atoms with Crippen LogP contribution in [-0.2, 0) is 4.79 Å². The van der Waals surface area contributed by atoms with E-state index in [0.717, 1.165) is 5.56 Å². The van der Waals surface area contributed by atoms with E-state index in [2.05, 4.69) is 6.92 Å². The lowest BCUT2D eigenvalue weighted by Crippen LogP contribution is -2.32. The Balaban J connectivity index is 2.86. The van der Waals surface area contributed by atoms with Crippen molar-refractivity contribution in [2.24, 2.45) is 11.7 Å². The molecule has 0 saturated carbocycles. The second-order valence-corrected chi connectivity index (χ2v) is 5.06. The number of hydrogen-bond donors (Lipinski definition) is 2. The SMILES string of the molecule is COc1ccc(C(C)C(C)CC(N)C(=O)O)cc1OC. The van der Waals surface area contributed by atoms with Gasteiger partial charge in [-0.15, -0.1) is 0 Å². The minimum absolute atomic E-state index is 0.152. The Kier molecular flexibility index (Phi) is 5.82. The highest BCUT2D eigenvalue weighted by molar-refractivity contribution is 5.73. The third-order valence-electron chi connectivity index (χ3n) is 3.73. The first kappa shape index (κ1) is 16.3. The van der Waals surface area contributed by atoms with Gasteiger partial charge >= 0.3 is 5.97 Å². The van der Waals surface area contributed by atoms with Crippen LogP contribution >= 0.6 is 0 Å². The van der Waals surface area contributed by atoms with Gasteiger partial charge in [0, 0.05) is 0 Å². The quantitative estimate of drug-likeness (QED) is 0.801. The predicted molar refractivity (Wildman–Crippen MR) is 77.4 cm³/mol. The third kappa shape index (κ3) is 3.87. The van der Waals surface area contributed by atoms with Gasteiger partial charge in [-0.1, -0.05) is 19.9 Å². The molecule has 1 aromatic carbocycles. The molecule has 3 unspecified atom stereocenters. The van der Waals surface area contributed by atoms with Crippen LogP contribution in [-0.4, -0.2) is 31.3 Å². The summed E-state index contributed by atoms with van der Waals surface area (Å²) < 4.78 is 10.5. The molecule has 0 fully saturated rings. The molecule has 1 aromatic rings. The number of carbonyl (C=O) groups is 1. The Morgan fingerprint density at radius 2 is 1.85 bits per heavy atom. The zero-order valence-electron chi connectivity index (χ0n) is 12.4. The lowest BCUT2D eigenvalue weighted by Gasteiger charge is -2.22. The van der Waals surface area contributed by atoms with Crippen LogP contribution in [0.4, 0.5) is 0 Å². The van der Waals surface area contributed by atoms with Gasteiger partial charge < -0.3 is 20.3 Å². The van der Waals surface area contributed by atoms with E-state index in [1.54, 1.807) is 14.2 Å². The molecule has 3 atom stereocenters. The van der Waals surface area contributed by atoms with Crippen molar-refractivity contribution >= 4 is 5.97 Å². The Morgan fingerprint density at radius 3 is 2.35 bits per heavy atom. The summed E-state index contributed by atoms with van der Waals surface area (Å²) in [6.07, 6.45) is 0.435. The molecule has 0 saturated heterocycles. The van der Waals surface area contributed by atoms with Gasteiger partial charge in [0.05, 0.1) is 14.2 Å². The van der Waals surface area contributed by atoms with Crippen LogP contribution in [0.5, 0.6) is 11.5 Å². The lowest BCUT2D eigenvalue weighted by atomic mass is 9.85. The zero-order chi connectivity index (χ0) is 15.3. The Bertz CT molecular complexity index is 461. The van der Waals surface area contributed by atoms with Gasteiger partial charge in [-0.2, -0.15) is 0 Å². The zero-order valence-corrected chi connectivity index (χ0v) is 12.4. The van der Waals surface area contributed by atoms with Crippen LogP contribution in [0.3, 0.4) is 0 Å². The minimum Gasteiger partial charge on any atom is -0.493 e. The number of carboxylic acids is 1. The van der Waals surface area contributed by atoms with E-state index < -0.39 is 12.0 Å². The molecule has 0 aliphatic rings. The van der Waals surface area contributed by atoms with Gasteiger partial charge in [-0.3, -0.25) is 4.79 Å². The number of carboxylic acid groups (broad SMARTS) is 1. The van der Waals surface area contributed by atoms with Crippen LogP contribution in [0.25, 0.3) is 0 Å². The molecule has 0 bridgehead atoms. The second-order valence-electron chi connectivity index (χ2n) is 5.06. The first-order valence-electron chi connectivity index (χ1n) is 6.61. The summed E-state index contributed by atoms with van der Waals surface area (Å²) in [7, 11) is 3.19. The maximum absolute atomic E-state index is 10.8. The number of benzene rings is 1. The molecule has 0 aliphatic heterocycles. The summed E-state index contributed by atoms with van der Waals surface area (Å²) in [5, 5.41) is 8.87. The lowest BCUT2D eigenvalue weighted by molar-refractivity contribution is -0.138. The van der Waals surface area contributed by atoms with Crippen molar-refractivity contribution < 1.29 is 19.4 Å². The normalized spacial score (nSPS) is 15.2. The number of methoxy groups -OCH3 is 2. The average Bonchev–Trinajstić information content (AvgIpc) is 2.45. The van der Waals surface area contributed by atoms with Gasteiger partial charge in [0.1, 0.15) is 6.04 Å². The van der Waals surface area contributed by atoms with Gasteiger partial charge in [0.15, 0.2) is 11.5 Å². The van der Waals surface area contributed by atoms with Gasteiger partial charge in [0.2, 0.25) is 0 Å². The summed E-state index contributed by atoms with van der Waals surface area (Å²) in [5.41, 5.74) is 6.67. The van der Waals surface area contributed by atoms with Crippen molar-refractivity contribution in [2.45, 2.75) is 32.2 Å². The highest BCUT2D eigenvalue weighted by atomic mass is 16.5. The number of rotatable bonds is 7. The largest absolute Gasteiger partial charge is 0.493 e. The summed E-state index contributed by atoms with van der Waals surface area (Å²) in [5.74, 6) is 0.723. The Hall–Kier alpha value is -1.75. The fraction of sp³-hybridized carbons (Fsp3) is 0.533. The van der Waals surface area contributed by atoms with E-state index in [-0.39, 0.29) is 11.8 Å². The summed E-state index contributed by atoms with van der Waals surface area (Å²) >= 11 is 0. The first-order chi connectivity index (χ1) is 9.40. The monoisotopic (exact) mass is 281 g/mol. The fourth-order valence-electron chi connectivity index (χ4n) is 2.17. The molecule has 0 radical (unpaired) electrons. The van der Waals surface area contributed by atoms with Crippen molar-refractivity contribution in [3.05, 3.63) is 23.8 Å². The second kappa shape index (κ2) is 7.14. The molecular weight excluding hydrogens is 258 g/mol. The Morgan fingerprint density at radius 1 is 1.25 bits per heavy atom. The number of nitrogens with two attached hydrogens (primary N) is 1. The average molecular weight is 281 g/mol. The van der Waals surface area contributed by atoms with E-state index >= 15 is 0 Å². The molecule has 5 nitrogen and oxygen atoms in total. The van der Waals surface area contributed by atoms with Crippen molar-refractivity contribution in [2.75, 3.05) is 14.2 Å². The van der Waals surface area contributed by atoms with Gasteiger partial charge in [-0.05, 0) is 36.0 Å². The molecule has 112 valence electrons. The predicted octanol–water partition coefficient (Wildman–Crippen LogP) is 2.25. The highest BCUT2D eigenvalue weighted by Crippen LogP contribution is 2.34. The smallest absolute Gasteiger partial charge is 0.320 e. The van der Waals surface area contributed by atoms with Crippen LogP contribution < -0.4 is 15.2 Å². The molecule has 0 heterocycles. The number of ether oxygens (including phenoxy) is 2. The van der Waals surface area contributed by atoms with Crippen LogP contribution in [0.2, 0.25) is 0 Å². The molecule has 20 heavy (non-hydrogen) atoms. The van der Waals surface area contributed by atoms with Crippen LogP contribution in [0, 0.1) is 5.92 Å². The maximum atomic E-state index is 10.8. The van der Waals surface area contributed by atoms with Crippen molar-refractivity contribution in [1.29, 1.82) is 0 Å². The van der Waals surface area contributed by atoms with E-state index in [9.17, 15) is 4.79 Å². The number of hydrogen-bond acceptors (Lipinski definition) is 4. The standard InChI is InChI=1S/C15H23NO4/c1-9(7-12(16)15(17)18)10(2)11-5-6-13(19-3)14(8-11)20-4/h5-6,8-10,12H,7,16H2,1-4H3,(H,17,18). The van der Waals surface area contributed by atoms with E-state index in [0.29, 0.717) is 17.9 Å². The van der Waals surface area contributed by atoms with Crippen molar-refractivity contribution in [1.82, 2.24) is 0 Å². The summed E-state index contributed by atoms with van der Waals surface area (Å²) in [6.45, 7) is 4.06. The maximum Gasteiger partial charge on any atom is 0.320 e. The highest BCUT2D eigenvalue weighted by Gasteiger charge is 2.21. The van der Waals surface area contributed by atoms with Gasteiger partial charge in [-0.25, -0.2) is 0 Å². The molecule has 0 aromatic heterocycles. The Labute approximate surface area is 119 Å². The van der Waals surface area contributed by atoms with E-state index in [1.807, 2.05) is 25.1 Å². The molecular formula is C15H23NO4. The molecule has 3 N–H and O–H groups in total. The molecule has 0 aliphatic carbocycles. The summed E-state index contributed by atoms with van der Waals surface area (Å²) in [4.78, 5) is 10.8. The fourth-order valence-corrected chi connectivity index (χ4v) is 2.17. The third-order valence-corrected chi connectivity index (χ3v) is 3.73. The molecule has 0 amide bonds. The van der Waals surface area contributed by atoms with Gasteiger partial charge in [0.25, 0.3) is 0 Å². The van der Waals surface area contributed by atoms with Crippen molar-refractivity contribution in [3.63, 3.8) is 0 Å². The summed E-state index contributed by atoms with van der Waals surface area (Å²) in [6, 6.07) is 4.92. The molecule has 0 spiro atoms. The minimum atomic E-state index is -0.962. The topological polar surface area (TPSA) is 81.8 Å².